The normalized spacial score (nSPS) is 12.0. The second kappa shape index (κ2) is 15.0. The van der Waals surface area contributed by atoms with Crippen molar-refractivity contribution in [3.63, 3.8) is 0 Å². The second-order valence-electron chi connectivity index (χ2n) is 5.21. The predicted octanol–water partition coefficient (Wildman–Crippen LogP) is -1.43. The van der Waals surface area contributed by atoms with E-state index in [9.17, 15) is 22.8 Å². The minimum atomic E-state index is -5.19. The molecule has 0 heterocycles. The van der Waals surface area contributed by atoms with Crippen LogP contribution in [0.4, 0.5) is 13.2 Å². The fourth-order valence-electron chi connectivity index (χ4n) is 1.25. The molecule has 0 saturated carbocycles. The van der Waals surface area contributed by atoms with E-state index in [1.165, 1.54) is 18.9 Å². The molecule has 154 valence electrons. The van der Waals surface area contributed by atoms with Crippen molar-refractivity contribution in [2.24, 2.45) is 0 Å². The van der Waals surface area contributed by atoms with Crippen LogP contribution in [-0.2, 0) is 19.1 Å². The Kier molecular flexibility index (Phi) is 15.6. The van der Waals surface area contributed by atoms with Crippen LogP contribution in [0.15, 0.2) is 0 Å². The summed E-state index contributed by atoms with van der Waals surface area (Å²) in [6, 6.07) is -0.538. The van der Waals surface area contributed by atoms with Crippen molar-refractivity contribution in [3.05, 3.63) is 0 Å². The molecule has 26 heavy (non-hydrogen) atoms. The molecule has 12 heteroatoms. The number of hydrogen-bond acceptors (Lipinski definition) is 7. The maximum Gasteiger partial charge on any atom is 0.430 e. The molecule has 0 saturated heterocycles. The molecule has 0 radical (unpaired) electrons. The number of amides is 1. The van der Waals surface area contributed by atoms with Crippen molar-refractivity contribution in [3.8, 4) is 0 Å². The highest BCUT2D eigenvalue weighted by molar-refractivity contribution is 8.02. The van der Waals surface area contributed by atoms with E-state index in [1.54, 1.807) is 11.8 Å². The number of hydrogen-bond donors (Lipinski definition) is 2. The molecule has 1 atom stereocenters. The van der Waals surface area contributed by atoms with Gasteiger partial charge in [0.1, 0.15) is 12.0 Å². The van der Waals surface area contributed by atoms with Gasteiger partial charge in [0.25, 0.3) is 0 Å². The van der Waals surface area contributed by atoms with Crippen molar-refractivity contribution in [1.82, 2.24) is 5.32 Å². The number of carboxylic acid groups (broad SMARTS) is 1. The van der Waals surface area contributed by atoms with Gasteiger partial charge in [-0.05, 0) is 0 Å². The number of carbonyl (C=O) groups excluding carboxylic acids is 3. The summed E-state index contributed by atoms with van der Waals surface area (Å²) < 4.78 is 36.2. The molecule has 0 aromatic carbocycles. The maximum atomic E-state index is 11.4. The van der Waals surface area contributed by atoms with Crippen LogP contribution in [-0.4, -0.2) is 80.8 Å². The average molecular weight is 422 g/mol. The Balaban J connectivity index is 0. The predicted molar refractivity (Wildman–Crippen MR) is 93.0 cm³/mol. The zero-order valence-corrected chi connectivity index (χ0v) is 16.7. The van der Waals surface area contributed by atoms with Crippen LogP contribution in [0.5, 0.6) is 0 Å². The van der Waals surface area contributed by atoms with Gasteiger partial charge in [-0.1, -0.05) is 0 Å². The lowest BCUT2D eigenvalue weighted by Crippen LogP contribution is -3.06. The van der Waals surface area contributed by atoms with Crippen molar-refractivity contribution in [2.75, 3.05) is 50.8 Å². The van der Waals surface area contributed by atoms with Crippen LogP contribution in [0.3, 0.4) is 0 Å². The highest BCUT2D eigenvalue weighted by atomic mass is 32.2. The summed E-state index contributed by atoms with van der Waals surface area (Å²) in [6.07, 6.45) is -5.19. The molecule has 7 nitrogen and oxygen atoms in total. The lowest BCUT2D eigenvalue weighted by Gasteiger charge is -2.14. The first kappa shape index (κ1) is 27.1. The molecule has 2 N–H and O–H groups in total. The zero-order valence-electron chi connectivity index (χ0n) is 15.1. The largest absolute Gasteiger partial charge is 0.542 e. The number of aliphatic carboxylic acids is 1. The van der Waals surface area contributed by atoms with Gasteiger partial charge in [0.05, 0.1) is 27.7 Å². The SMILES string of the molecule is COC(=O)[C@H](CSCCSCC[NH+](C)C)NC(C)=O.O=C([O-])C(F)(F)F. The third-order valence-corrected chi connectivity index (χ3v) is 4.80. The molecular weight excluding hydrogens is 397 g/mol. The van der Waals surface area contributed by atoms with Gasteiger partial charge in [-0.3, -0.25) is 4.79 Å². The number of esters is 1. The quantitative estimate of drug-likeness (QED) is 0.329. The van der Waals surface area contributed by atoms with E-state index in [4.69, 9.17) is 9.90 Å². The third-order valence-electron chi connectivity index (χ3n) is 2.50. The van der Waals surface area contributed by atoms with Gasteiger partial charge >= 0.3 is 12.1 Å². The van der Waals surface area contributed by atoms with Gasteiger partial charge in [-0.2, -0.15) is 36.7 Å². The standard InChI is InChI=1S/C12H24N2O3S2.C2HF3O2/c1-10(15)13-11(12(16)17-4)9-19-8-7-18-6-5-14(2)3;3-2(4,5)1(6)7/h11H,5-9H2,1-4H3,(H,13,15);(H,6,7)/t11-;/m0./s1. The summed E-state index contributed by atoms with van der Waals surface area (Å²) in [5, 5.41) is 11.4. The first-order chi connectivity index (χ1) is 11.9. The number of thioether (sulfide) groups is 2. The lowest BCUT2D eigenvalue weighted by atomic mass is 10.3. The van der Waals surface area contributed by atoms with E-state index in [0.29, 0.717) is 5.75 Å². The lowest BCUT2D eigenvalue weighted by molar-refractivity contribution is -0.855. The van der Waals surface area contributed by atoms with Crippen LogP contribution >= 0.6 is 23.5 Å². The fourth-order valence-corrected chi connectivity index (χ4v) is 3.57. The molecule has 0 bridgehead atoms. The first-order valence-electron chi connectivity index (χ1n) is 7.49. The number of quaternary nitrogens is 1. The van der Waals surface area contributed by atoms with Gasteiger partial charge in [-0.25, -0.2) is 4.79 Å². The van der Waals surface area contributed by atoms with Crippen LogP contribution < -0.4 is 15.3 Å². The van der Waals surface area contributed by atoms with Gasteiger partial charge in [0.2, 0.25) is 5.91 Å². The molecule has 0 aromatic heterocycles. The number of rotatable bonds is 10. The highest BCUT2D eigenvalue weighted by Crippen LogP contribution is 2.11. The van der Waals surface area contributed by atoms with E-state index in [-0.39, 0.29) is 11.9 Å². The number of nitrogens with one attached hydrogen (secondary N) is 2. The highest BCUT2D eigenvalue weighted by Gasteiger charge is 2.28. The summed E-state index contributed by atoms with van der Waals surface area (Å²) in [4.78, 5) is 32.6. The minimum Gasteiger partial charge on any atom is -0.542 e. The van der Waals surface area contributed by atoms with Crippen molar-refractivity contribution >= 4 is 41.4 Å². The third kappa shape index (κ3) is 17.7. The van der Waals surface area contributed by atoms with E-state index < -0.39 is 18.2 Å². The van der Waals surface area contributed by atoms with E-state index in [2.05, 4.69) is 24.1 Å². The van der Waals surface area contributed by atoms with Crippen molar-refractivity contribution in [2.45, 2.75) is 19.1 Å². The maximum absolute atomic E-state index is 11.4. The Labute approximate surface area is 159 Å². The molecular formula is C14H25F3N2O5S2. The summed E-state index contributed by atoms with van der Waals surface area (Å²) in [7, 11) is 5.62. The van der Waals surface area contributed by atoms with Crippen molar-refractivity contribution < 1.29 is 42.3 Å². The van der Waals surface area contributed by atoms with Crippen LogP contribution in [0.25, 0.3) is 0 Å². The fraction of sp³-hybridized carbons (Fsp3) is 0.786. The number of carbonyl (C=O) groups is 3. The van der Waals surface area contributed by atoms with Gasteiger partial charge < -0.3 is 24.9 Å². The molecule has 0 fully saturated rings. The molecule has 0 aliphatic heterocycles. The smallest absolute Gasteiger partial charge is 0.430 e. The number of ether oxygens (including phenoxy) is 1. The van der Waals surface area contributed by atoms with Gasteiger partial charge in [0.15, 0.2) is 0 Å². The van der Waals surface area contributed by atoms with E-state index >= 15 is 0 Å². The number of alkyl halides is 3. The molecule has 1 amide bonds. The number of methoxy groups -OCH3 is 1. The number of halogens is 3. The topological polar surface area (TPSA) is 100.0 Å². The van der Waals surface area contributed by atoms with Crippen LogP contribution in [0.1, 0.15) is 6.92 Å². The Hall–Kier alpha value is -1.14. The molecule has 0 aliphatic carbocycles. The molecule has 0 spiro atoms. The second-order valence-corrected chi connectivity index (χ2v) is 7.58. The average Bonchev–Trinajstić information content (AvgIpc) is 2.51. The molecule has 0 aromatic rings. The van der Waals surface area contributed by atoms with Gasteiger partial charge in [-0.15, -0.1) is 0 Å². The Morgan fingerprint density at radius 1 is 1.15 bits per heavy atom. The van der Waals surface area contributed by atoms with Crippen molar-refractivity contribution in [1.29, 1.82) is 0 Å². The summed E-state index contributed by atoms with van der Waals surface area (Å²) >= 11 is 3.58. The Bertz CT molecular complexity index is 437. The summed E-state index contributed by atoms with van der Waals surface area (Å²) in [6.45, 7) is 2.56. The molecule has 0 unspecified atom stereocenters. The Morgan fingerprint density at radius 2 is 1.65 bits per heavy atom. The van der Waals surface area contributed by atoms with Crippen LogP contribution in [0.2, 0.25) is 0 Å². The molecule has 0 rings (SSSR count). The zero-order chi connectivity index (χ0) is 20.8. The Morgan fingerprint density at radius 3 is 2.04 bits per heavy atom. The number of carboxylic acids is 1. The first-order valence-corrected chi connectivity index (χ1v) is 9.80. The summed E-state index contributed by atoms with van der Waals surface area (Å²) in [5.41, 5.74) is 0. The van der Waals surface area contributed by atoms with Gasteiger partial charge in [0, 0.05) is 29.9 Å². The monoisotopic (exact) mass is 422 g/mol. The molecule has 0 aliphatic rings. The summed E-state index contributed by atoms with van der Waals surface area (Å²) in [5.74, 6) is 0.145. The van der Waals surface area contributed by atoms with E-state index in [0.717, 1.165) is 23.8 Å². The minimum absolute atomic E-state index is 0.209. The van der Waals surface area contributed by atoms with E-state index in [1.807, 2.05) is 11.8 Å². The van der Waals surface area contributed by atoms with Crippen LogP contribution in [0, 0.1) is 0 Å².